The number of hydrogen-bond donors (Lipinski definition) is 0. The summed E-state index contributed by atoms with van der Waals surface area (Å²) in [6.45, 7) is 37.0. The van der Waals surface area contributed by atoms with Gasteiger partial charge in [0.05, 0.1) is 0 Å². The van der Waals surface area contributed by atoms with Crippen LogP contribution in [0.15, 0.2) is 0 Å². The summed E-state index contributed by atoms with van der Waals surface area (Å²) in [6.07, 6.45) is 9.57. The normalized spacial score (nSPS) is 13.4. The van der Waals surface area contributed by atoms with Crippen LogP contribution in [0.2, 0.25) is 0 Å². The van der Waals surface area contributed by atoms with Crippen LogP contribution >= 0.6 is 0 Å². The van der Waals surface area contributed by atoms with E-state index in [0.29, 0.717) is 0 Å². The minimum absolute atomic E-state index is 0. The zero-order chi connectivity index (χ0) is 29.6. The van der Waals surface area contributed by atoms with Crippen molar-refractivity contribution < 1.29 is 29.1 Å². The van der Waals surface area contributed by atoms with Gasteiger partial charge in [0, 0.05) is 0 Å². The Labute approximate surface area is 246 Å². The second-order valence-corrected chi connectivity index (χ2v) is 12.4. The summed E-state index contributed by atoms with van der Waals surface area (Å²) in [5, 5.41) is 19.4. The summed E-state index contributed by atoms with van der Waals surface area (Å²) in [6, 6.07) is 0. The first-order chi connectivity index (χ1) is 16.4. The zero-order valence-corrected chi connectivity index (χ0v) is 28.7. The van der Waals surface area contributed by atoms with Crippen LogP contribution in [0.25, 0.3) is 21.3 Å². The van der Waals surface area contributed by atoms with Gasteiger partial charge < -0.3 is 30.9 Å². The van der Waals surface area contributed by atoms with Crippen LogP contribution in [0.4, 0.5) is 0 Å². The van der Waals surface area contributed by atoms with E-state index in [1.807, 2.05) is 0 Å². The van der Waals surface area contributed by atoms with E-state index >= 15 is 0 Å². The van der Waals surface area contributed by atoms with Crippen molar-refractivity contribution in [3.63, 3.8) is 0 Å². The Hall–Kier alpha value is -0.197. The summed E-state index contributed by atoms with van der Waals surface area (Å²) in [5.41, 5.74) is 0.164. The summed E-state index contributed by atoms with van der Waals surface area (Å²) in [5.74, 6) is 0. The van der Waals surface area contributed by atoms with Crippen LogP contribution in [0, 0.1) is 0 Å². The van der Waals surface area contributed by atoms with Crippen LogP contribution in [0.3, 0.4) is 0 Å². The standard InChI is InChI=1S/2C14H30N2.2CHO.Ru/c2*1-8-10-11-12(15-13(3,4)5)16-14(6,7)9-2;2*1-2;/h2*12H,8-11H2,1-7H3;2*1H;/q2*-2;2*-1;+6. The van der Waals surface area contributed by atoms with Gasteiger partial charge in [-0.2, -0.15) is 0 Å². The van der Waals surface area contributed by atoms with Crippen molar-refractivity contribution in [2.24, 2.45) is 0 Å². The Kier molecular flexibility index (Phi) is 31.3. The predicted molar refractivity (Wildman–Crippen MR) is 162 cm³/mol. The van der Waals surface area contributed by atoms with Gasteiger partial charge >= 0.3 is 19.5 Å². The molecule has 0 amide bonds. The van der Waals surface area contributed by atoms with Gasteiger partial charge in [0.25, 0.3) is 0 Å². The van der Waals surface area contributed by atoms with E-state index in [0.717, 1.165) is 25.7 Å². The minimum atomic E-state index is 0. The fourth-order valence-corrected chi connectivity index (χ4v) is 2.97. The second-order valence-electron chi connectivity index (χ2n) is 12.4. The molecule has 37 heavy (non-hydrogen) atoms. The predicted octanol–water partition coefficient (Wildman–Crippen LogP) is 9.92. The van der Waals surface area contributed by atoms with E-state index in [-0.39, 0.29) is 54.0 Å². The maximum atomic E-state index is 7.75. The molecule has 0 saturated carbocycles. The fourth-order valence-electron chi connectivity index (χ4n) is 2.97. The van der Waals surface area contributed by atoms with Crippen molar-refractivity contribution in [3.8, 4) is 0 Å². The van der Waals surface area contributed by atoms with E-state index < -0.39 is 0 Å². The molecule has 0 aromatic heterocycles. The Bertz CT molecular complexity index is 445. The van der Waals surface area contributed by atoms with Crippen molar-refractivity contribution >= 4 is 13.6 Å². The first kappa shape index (κ1) is 46.6. The molecule has 0 radical (unpaired) electrons. The number of carbonyl (C=O) groups excluding carboxylic acids is 2. The topological polar surface area (TPSA) is 90.5 Å². The van der Waals surface area contributed by atoms with Crippen molar-refractivity contribution in [2.75, 3.05) is 0 Å². The summed E-state index contributed by atoms with van der Waals surface area (Å²) >= 11 is 0. The molecular formula is C30H62N4O2Ru. The molecule has 0 heterocycles. The number of rotatable bonds is 14. The molecule has 0 aliphatic rings. The summed E-state index contributed by atoms with van der Waals surface area (Å²) in [7, 11) is 0. The third kappa shape index (κ3) is 35.8. The molecule has 0 aromatic rings. The first-order valence-corrected chi connectivity index (χ1v) is 13.8. The maximum absolute atomic E-state index is 7.75. The molecular weight excluding hydrogens is 549 g/mol. The Balaban J connectivity index is -0.000000158. The average Bonchev–Trinajstić information content (AvgIpc) is 2.76. The van der Waals surface area contributed by atoms with Crippen LogP contribution < -0.4 is 0 Å². The second kappa shape index (κ2) is 24.8. The van der Waals surface area contributed by atoms with Gasteiger partial charge in [-0.3, -0.25) is 13.6 Å². The molecule has 222 valence electrons. The van der Waals surface area contributed by atoms with Gasteiger partial charge in [0.2, 0.25) is 0 Å². The van der Waals surface area contributed by atoms with Crippen LogP contribution in [-0.2, 0) is 29.1 Å². The van der Waals surface area contributed by atoms with E-state index in [2.05, 4.69) is 111 Å². The van der Waals surface area contributed by atoms with Crippen molar-refractivity contribution in [3.05, 3.63) is 21.3 Å². The Morgan fingerprint density at radius 3 is 0.919 bits per heavy atom. The molecule has 0 fully saturated rings. The van der Waals surface area contributed by atoms with Gasteiger partial charge in [-0.05, 0) is 0 Å². The number of nitrogens with zero attached hydrogens (tertiary/aromatic N) is 4. The van der Waals surface area contributed by atoms with E-state index in [9.17, 15) is 0 Å². The van der Waals surface area contributed by atoms with Gasteiger partial charge in [-0.25, -0.2) is 12.3 Å². The molecule has 0 N–H and O–H groups in total. The van der Waals surface area contributed by atoms with Crippen LogP contribution in [0.5, 0.6) is 0 Å². The minimum Gasteiger partial charge on any atom is -0.673 e. The molecule has 0 bridgehead atoms. The zero-order valence-electron chi connectivity index (χ0n) is 26.9. The third-order valence-corrected chi connectivity index (χ3v) is 5.43. The largest absolute Gasteiger partial charge is 6.00 e. The molecule has 0 aliphatic heterocycles. The van der Waals surface area contributed by atoms with Crippen molar-refractivity contribution in [1.82, 2.24) is 0 Å². The van der Waals surface area contributed by atoms with Crippen LogP contribution in [-0.4, -0.2) is 48.1 Å². The molecule has 6 nitrogen and oxygen atoms in total. The molecule has 2 atom stereocenters. The van der Waals surface area contributed by atoms with Gasteiger partial charge in [-0.1, -0.05) is 148 Å². The maximum Gasteiger partial charge on any atom is 6.00 e. The van der Waals surface area contributed by atoms with Gasteiger partial charge in [0.15, 0.2) is 0 Å². The number of unbranched alkanes of at least 4 members (excludes halogenated alkanes) is 2. The summed E-state index contributed by atoms with van der Waals surface area (Å²) in [4.78, 5) is 15.5. The monoisotopic (exact) mass is 612 g/mol. The molecule has 0 rings (SSSR count). The van der Waals surface area contributed by atoms with Gasteiger partial charge in [0.1, 0.15) is 0 Å². The molecule has 2 unspecified atom stereocenters. The SMILES string of the molecule is CCCCC([N-]C(C)(C)C)[N-]C(C)(C)CC.CCCCC([N-]C(C)(C)C)[N-]C(C)(C)CC.[CH-]=O.[CH-]=O.[Ru+6]. The molecule has 0 saturated heterocycles. The van der Waals surface area contributed by atoms with Gasteiger partial charge in [-0.15, -0.1) is 22.2 Å². The molecule has 0 aromatic carbocycles. The van der Waals surface area contributed by atoms with Crippen molar-refractivity contribution in [1.29, 1.82) is 0 Å². The van der Waals surface area contributed by atoms with E-state index in [4.69, 9.17) is 30.9 Å². The smallest absolute Gasteiger partial charge is 0.673 e. The first-order valence-electron chi connectivity index (χ1n) is 13.8. The van der Waals surface area contributed by atoms with E-state index in [1.54, 1.807) is 0 Å². The quantitative estimate of drug-likeness (QED) is 0.111. The molecule has 0 aliphatic carbocycles. The number of hydrogen-bond acceptors (Lipinski definition) is 2. The molecule has 7 heteroatoms. The summed E-state index contributed by atoms with van der Waals surface area (Å²) < 4.78 is 0. The van der Waals surface area contributed by atoms with Crippen LogP contribution in [0.1, 0.15) is 148 Å². The third-order valence-electron chi connectivity index (χ3n) is 5.43. The average molecular weight is 612 g/mol. The Morgan fingerprint density at radius 1 is 0.514 bits per heavy atom. The Morgan fingerprint density at radius 2 is 0.757 bits per heavy atom. The molecule has 0 spiro atoms. The van der Waals surface area contributed by atoms with E-state index in [1.165, 1.54) is 25.7 Å². The van der Waals surface area contributed by atoms with Crippen molar-refractivity contribution in [2.45, 2.75) is 183 Å². The fraction of sp³-hybridized carbons (Fsp3) is 0.933.